The fourth-order valence-corrected chi connectivity index (χ4v) is 2.09. The molecule has 0 aliphatic carbocycles. The molecule has 0 spiro atoms. The van der Waals surface area contributed by atoms with Crippen LogP contribution in [0.25, 0.3) is 11.5 Å². The highest BCUT2D eigenvalue weighted by molar-refractivity contribution is 5.85. The van der Waals surface area contributed by atoms with E-state index in [9.17, 15) is 4.79 Å². The normalized spacial score (nSPS) is 10.2. The molecule has 1 heterocycles. The van der Waals surface area contributed by atoms with Gasteiger partial charge in [0.05, 0.1) is 5.69 Å². The molecule has 0 atom stereocenters. The number of hydrogen-bond donors (Lipinski definition) is 2. The third-order valence-electron chi connectivity index (χ3n) is 3.38. The van der Waals surface area contributed by atoms with Crippen LogP contribution in [0, 0.1) is 6.92 Å². The molecule has 0 bridgehead atoms. The Kier molecular flexibility index (Phi) is 8.37. The first-order valence-electron chi connectivity index (χ1n) is 7.62. The monoisotopic (exact) mass is 337 g/mol. The number of aryl methyl sites for hydroxylation is 1. The highest BCUT2D eigenvalue weighted by Crippen LogP contribution is 2.19. The van der Waals surface area contributed by atoms with Gasteiger partial charge in [-0.3, -0.25) is 4.79 Å². The van der Waals surface area contributed by atoms with Gasteiger partial charge in [-0.05, 0) is 39.1 Å². The zero-order valence-corrected chi connectivity index (χ0v) is 14.4. The van der Waals surface area contributed by atoms with E-state index >= 15 is 0 Å². The Hall–Kier alpha value is -1.85. The third-order valence-corrected chi connectivity index (χ3v) is 3.38. The van der Waals surface area contributed by atoms with Gasteiger partial charge in [-0.2, -0.15) is 0 Å². The van der Waals surface area contributed by atoms with E-state index in [1.165, 1.54) is 5.56 Å². The lowest BCUT2D eigenvalue weighted by molar-refractivity contribution is -0.121. The Morgan fingerprint density at radius 2 is 1.96 bits per heavy atom. The molecular formula is C17H24ClN3O2. The summed E-state index contributed by atoms with van der Waals surface area (Å²) >= 11 is 0. The molecule has 0 aliphatic rings. The Balaban J connectivity index is 0.00000264. The molecule has 0 radical (unpaired) electrons. The minimum absolute atomic E-state index is 0. The summed E-state index contributed by atoms with van der Waals surface area (Å²) in [5.74, 6) is 0.702. The van der Waals surface area contributed by atoms with Crippen molar-refractivity contribution < 1.29 is 9.21 Å². The zero-order chi connectivity index (χ0) is 15.8. The number of nitrogens with one attached hydrogen (secondary N) is 2. The van der Waals surface area contributed by atoms with Crippen molar-refractivity contribution in [1.82, 2.24) is 15.6 Å². The number of nitrogens with zero attached hydrogens (tertiary/aromatic N) is 1. The van der Waals surface area contributed by atoms with Crippen molar-refractivity contribution in [2.45, 2.75) is 26.2 Å². The maximum atomic E-state index is 11.6. The van der Waals surface area contributed by atoms with Crippen molar-refractivity contribution in [3.8, 4) is 11.5 Å². The maximum Gasteiger partial charge on any atom is 0.226 e. The van der Waals surface area contributed by atoms with Crippen LogP contribution >= 0.6 is 12.4 Å². The third kappa shape index (κ3) is 6.42. The summed E-state index contributed by atoms with van der Waals surface area (Å²) in [6.45, 7) is 3.49. The van der Waals surface area contributed by atoms with Crippen LogP contribution in [-0.4, -0.2) is 31.0 Å². The van der Waals surface area contributed by atoms with Crippen LogP contribution in [0.4, 0.5) is 0 Å². The lowest BCUT2D eigenvalue weighted by atomic mass is 10.1. The summed E-state index contributed by atoms with van der Waals surface area (Å²) in [6, 6.07) is 8.05. The van der Waals surface area contributed by atoms with Crippen molar-refractivity contribution in [2.24, 2.45) is 0 Å². The summed E-state index contributed by atoms with van der Waals surface area (Å²) < 4.78 is 5.50. The van der Waals surface area contributed by atoms with Crippen molar-refractivity contribution in [1.29, 1.82) is 0 Å². The molecule has 0 unspecified atom stereocenters. The number of amides is 1. The molecule has 1 aromatic heterocycles. The number of oxazole rings is 1. The van der Waals surface area contributed by atoms with E-state index in [4.69, 9.17) is 4.42 Å². The predicted molar refractivity (Wildman–Crippen MR) is 93.8 cm³/mol. The van der Waals surface area contributed by atoms with Crippen LogP contribution in [0.2, 0.25) is 0 Å². The highest BCUT2D eigenvalue weighted by atomic mass is 35.5. The molecule has 6 heteroatoms. The smallest absolute Gasteiger partial charge is 0.226 e. The number of aromatic nitrogens is 1. The standard InChI is InChI=1S/C17H23N3O2.ClH/c1-13-5-7-14(8-6-13)17-20-15(12-22-17)9-11-19-16(21)4-3-10-18-2;/h5-8,12,18H,3-4,9-11H2,1-2H3,(H,19,21);1H. The van der Waals surface area contributed by atoms with Gasteiger partial charge in [0, 0.05) is 24.9 Å². The summed E-state index contributed by atoms with van der Waals surface area (Å²) in [4.78, 5) is 16.0. The van der Waals surface area contributed by atoms with Crippen LogP contribution in [0.3, 0.4) is 0 Å². The molecule has 2 aromatic rings. The summed E-state index contributed by atoms with van der Waals surface area (Å²) in [5, 5.41) is 5.92. The molecule has 2 rings (SSSR count). The lowest BCUT2D eigenvalue weighted by Crippen LogP contribution is -2.26. The SMILES string of the molecule is CNCCCC(=O)NCCc1coc(-c2ccc(C)cc2)n1.Cl. The van der Waals surface area contributed by atoms with E-state index in [0.717, 1.165) is 24.2 Å². The topological polar surface area (TPSA) is 67.2 Å². The maximum absolute atomic E-state index is 11.6. The van der Waals surface area contributed by atoms with Crippen molar-refractivity contribution in [3.63, 3.8) is 0 Å². The van der Waals surface area contributed by atoms with E-state index in [1.54, 1.807) is 6.26 Å². The van der Waals surface area contributed by atoms with Crippen LogP contribution in [0.1, 0.15) is 24.1 Å². The van der Waals surface area contributed by atoms with Gasteiger partial charge in [0.1, 0.15) is 6.26 Å². The van der Waals surface area contributed by atoms with Gasteiger partial charge in [0.2, 0.25) is 11.8 Å². The molecule has 1 aromatic carbocycles. The first-order valence-corrected chi connectivity index (χ1v) is 7.62. The molecule has 1 amide bonds. The molecule has 0 saturated carbocycles. The minimum atomic E-state index is 0. The van der Waals surface area contributed by atoms with Gasteiger partial charge in [0.25, 0.3) is 0 Å². The molecule has 5 nitrogen and oxygen atoms in total. The van der Waals surface area contributed by atoms with Crippen LogP contribution in [-0.2, 0) is 11.2 Å². The van der Waals surface area contributed by atoms with Gasteiger partial charge >= 0.3 is 0 Å². The molecular weight excluding hydrogens is 314 g/mol. The largest absolute Gasteiger partial charge is 0.444 e. The number of carbonyl (C=O) groups is 1. The summed E-state index contributed by atoms with van der Waals surface area (Å²) in [6.07, 6.45) is 3.73. The molecule has 0 fully saturated rings. The minimum Gasteiger partial charge on any atom is -0.444 e. The first kappa shape index (κ1) is 19.2. The Morgan fingerprint density at radius 3 is 2.65 bits per heavy atom. The number of carbonyl (C=O) groups excluding carboxylic acids is 1. The molecule has 2 N–H and O–H groups in total. The second-order valence-corrected chi connectivity index (χ2v) is 5.32. The molecule has 23 heavy (non-hydrogen) atoms. The second-order valence-electron chi connectivity index (χ2n) is 5.32. The Labute approximate surface area is 143 Å². The lowest BCUT2D eigenvalue weighted by Gasteiger charge is -2.03. The second kappa shape index (κ2) is 10.0. The van der Waals surface area contributed by atoms with E-state index in [-0.39, 0.29) is 18.3 Å². The highest BCUT2D eigenvalue weighted by Gasteiger charge is 2.07. The average Bonchev–Trinajstić information content (AvgIpc) is 2.97. The summed E-state index contributed by atoms with van der Waals surface area (Å²) in [7, 11) is 1.88. The van der Waals surface area contributed by atoms with Gasteiger partial charge in [-0.1, -0.05) is 17.7 Å². The van der Waals surface area contributed by atoms with Crippen molar-refractivity contribution in [3.05, 3.63) is 41.8 Å². The van der Waals surface area contributed by atoms with Gasteiger partial charge < -0.3 is 15.1 Å². The fraction of sp³-hybridized carbons (Fsp3) is 0.412. The molecule has 0 aliphatic heterocycles. The molecule has 0 saturated heterocycles. The van der Waals surface area contributed by atoms with Crippen molar-refractivity contribution in [2.75, 3.05) is 20.1 Å². The predicted octanol–water partition coefficient (Wildman–Crippen LogP) is 2.73. The van der Waals surface area contributed by atoms with Gasteiger partial charge in [-0.25, -0.2) is 4.98 Å². The fourth-order valence-electron chi connectivity index (χ4n) is 2.09. The number of hydrogen-bond acceptors (Lipinski definition) is 4. The van der Waals surface area contributed by atoms with Crippen molar-refractivity contribution >= 4 is 18.3 Å². The summed E-state index contributed by atoms with van der Waals surface area (Å²) in [5.41, 5.74) is 3.02. The van der Waals surface area contributed by atoms with Crippen LogP contribution in [0.15, 0.2) is 34.9 Å². The van der Waals surface area contributed by atoms with Gasteiger partial charge in [0.15, 0.2) is 0 Å². The van der Waals surface area contributed by atoms with E-state index in [1.807, 2.05) is 38.2 Å². The number of benzene rings is 1. The quantitative estimate of drug-likeness (QED) is 0.727. The Bertz CT molecular complexity index is 596. The van der Waals surface area contributed by atoms with E-state index in [0.29, 0.717) is 25.3 Å². The number of halogens is 1. The average molecular weight is 338 g/mol. The first-order chi connectivity index (χ1) is 10.7. The molecule has 126 valence electrons. The zero-order valence-electron chi connectivity index (χ0n) is 13.6. The number of rotatable bonds is 8. The van der Waals surface area contributed by atoms with Crippen LogP contribution < -0.4 is 10.6 Å². The Morgan fingerprint density at radius 1 is 1.22 bits per heavy atom. The van der Waals surface area contributed by atoms with Crippen LogP contribution in [0.5, 0.6) is 0 Å². The van der Waals surface area contributed by atoms with Gasteiger partial charge in [-0.15, -0.1) is 12.4 Å². The van der Waals surface area contributed by atoms with E-state index in [2.05, 4.69) is 15.6 Å². The van der Waals surface area contributed by atoms with E-state index < -0.39 is 0 Å².